The number of nitro groups is 1. The first kappa shape index (κ1) is 21.6. The van der Waals surface area contributed by atoms with Crippen molar-refractivity contribution in [3.05, 3.63) is 75.8 Å². The van der Waals surface area contributed by atoms with Crippen LogP contribution in [0, 0.1) is 10.1 Å². The van der Waals surface area contributed by atoms with E-state index in [0.29, 0.717) is 26.2 Å². The normalized spacial score (nSPS) is 14.4. The number of methoxy groups -OCH3 is 2. The summed E-state index contributed by atoms with van der Waals surface area (Å²) in [6.07, 6.45) is 0. The van der Waals surface area contributed by atoms with E-state index in [1.165, 1.54) is 42.7 Å². The number of hydrogen-bond donors (Lipinski definition) is 0. The first-order valence-electron chi connectivity index (χ1n) is 10.4. The zero-order valence-electron chi connectivity index (χ0n) is 18.1. The van der Waals surface area contributed by atoms with Gasteiger partial charge >= 0.3 is 0 Å². The van der Waals surface area contributed by atoms with Crippen LogP contribution in [0.15, 0.2) is 54.6 Å². The smallest absolute Gasteiger partial charge is 0.286 e. The van der Waals surface area contributed by atoms with E-state index in [9.17, 15) is 14.9 Å². The Kier molecular flexibility index (Phi) is 6.23. The van der Waals surface area contributed by atoms with Gasteiger partial charge in [-0.3, -0.25) is 19.8 Å². The van der Waals surface area contributed by atoms with E-state index in [0.717, 1.165) is 6.54 Å². The van der Waals surface area contributed by atoms with Gasteiger partial charge in [-0.25, -0.2) is 0 Å². The highest BCUT2D eigenvalue weighted by Gasteiger charge is 2.30. The number of fused-ring (bicyclic) bond motifs is 1. The number of hydrogen-bond acceptors (Lipinski definition) is 6. The van der Waals surface area contributed by atoms with E-state index in [4.69, 9.17) is 9.47 Å². The lowest BCUT2D eigenvalue weighted by atomic mass is 10.0. The van der Waals surface area contributed by atoms with Crippen molar-refractivity contribution in [2.75, 3.05) is 40.4 Å². The Labute approximate surface area is 186 Å². The molecule has 1 aliphatic heterocycles. The molecule has 8 nitrogen and oxygen atoms in total. The number of carbonyl (C=O) groups excluding carboxylic acids is 1. The third kappa shape index (κ3) is 4.22. The second-order valence-corrected chi connectivity index (χ2v) is 7.69. The lowest BCUT2D eigenvalue weighted by Crippen LogP contribution is -2.48. The number of carbonyl (C=O) groups is 1. The van der Waals surface area contributed by atoms with Crippen LogP contribution in [0.5, 0.6) is 11.5 Å². The second kappa shape index (κ2) is 9.23. The molecule has 1 amide bonds. The Morgan fingerprint density at radius 2 is 1.62 bits per heavy atom. The lowest BCUT2D eigenvalue weighted by molar-refractivity contribution is -0.385. The van der Waals surface area contributed by atoms with Gasteiger partial charge in [0.25, 0.3) is 11.6 Å². The molecule has 8 heteroatoms. The van der Waals surface area contributed by atoms with Gasteiger partial charge in [0.2, 0.25) is 0 Å². The minimum Gasteiger partial charge on any atom is -0.493 e. The number of nitrogens with zero attached hydrogens (tertiary/aromatic N) is 3. The summed E-state index contributed by atoms with van der Waals surface area (Å²) < 4.78 is 10.4. The summed E-state index contributed by atoms with van der Waals surface area (Å²) in [5.41, 5.74) is 0.972. The van der Waals surface area contributed by atoms with Crippen molar-refractivity contribution >= 4 is 22.4 Å². The molecule has 3 aromatic carbocycles. The number of ether oxygens (including phenoxy) is 2. The summed E-state index contributed by atoms with van der Waals surface area (Å²) in [5, 5.41) is 14.0. The largest absolute Gasteiger partial charge is 0.493 e. The highest BCUT2D eigenvalue weighted by Crippen LogP contribution is 2.35. The van der Waals surface area contributed by atoms with E-state index in [1.807, 2.05) is 12.1 Å². The quantitative estimate of drug-likeness (QED) is 0.433. The van der Waals surface area contributed by atoms with Gasteiger partial charge in [0.15, 0.2) is 11.5 Å². The fraction of sp³-hybridized carbons (Fsp3) is 0.292. The second-order valence-electron chi connectivity index (χ2n) is 7.69. The molecule has 166 valence electrons. The highest BCUT2D eigenvalue weighted by atomic mass is 16.6. The number of benzene rings is 3. The molecule has 0 bridgehead atoms. The van der Waals surface area contributed by atoms with Gasteiger partial charge in [-0.05, 0) is 16.3 Å². The van der Waals surface area contributed by atoms with Gasteiger partial charge in [0.05, 0.1) is 25.2 Å². The molecule has 1 heterocycles. The number of amides is 1. The average Bonchev–Trinajstić information content (AvgIpc) is 2.83. The Balaban J connectivity index is 1.48. The molecule has 0 spiro atoms. The molecule has 4 rings (SSSR count). The van der Waals surface area contributed by atoms with Crippen molar-refractivity contribution in [1.29, 1.82) is 0 Å². The Morgan fingerprint density at radius 1 is 0.969 bits per heavy atom. The number of rotatable bonds is 6. The predicted octanol–water partition coefficient (Wildman–Crippen LogP) is 3.72. The lowest BCUT2D eigenvalue weighted by Gasteiger charge is -2.35. The average molecular weight is 435 g/mol. The fourth-order valence-electron chi connectivity index (χ4n) is 4.14. The maximum atomic E-state index is 13.1. The highest BCUT2D eigenvalue weighted by molar-refractivity contribution is 5.99. The molecule has 0 N–H and O–H groups in total. The molecule has 0 radical (unpaired) electrons. The van der Waals surface area contributed by atoms with Crippen LogP contribution in [0.1, 0.15) is 15.9 Å². The summed E-state index contributed by atoms with van der Waals surface area (Å²) in [4.78, 5) is 28.1. The van der Waals surface area contributed by atoms with E-state index in [1.54, 1.807) is 4.90 Å². The van der Waals surface area contributed by atoms with Crippen LogP contribution in [-0.4, -0.2) is 61.0 Å². The maximum absolute atomic E-state index is 13.1. The minimum absolute atomic E-state index is 0.00940. The summed E-state index contributed by atoms with van der Waals surface area (Å²) in [7, 11) is 2.84. The van der Waals surface area contributed by atoms with E-state index >= 15 is 0 Å². The Morgan fingerprint density at radius 3 is 2.31 bits per heavy atom. The molecule has 0 saturated carbocycles. The number of nitro benzene ring substituents is 1. The van der Waals surface area contributed by atoms with E-state index in [2.05, 4.69) is 35.2 Å². The summed E-state index contributed by atoms with van der Waals surface area (Å²) in [6.45, 7) is 3.16. The Hall–Kier alpha value is -3.65. The van der Waals surface area contributed by atoms with Crippen LogP contribution in [0.3, 0.4) is 0 Å². The van der Waals surface area contributed by atoms with Crippen molar-refractivity contribution < 1.29 is 19.2 Å². The third-order valence-corrected chi connectivity index (χ3v) is 5.86. The first-order chi connectivity index (χ1) is 15.5. The molecule has 3 aromatic rings. The molecule has 1 saturated heterocycles. The molecule has 0 aliphatic carbocycles. The van der Waals surface area contributed by atoms with Crippen molar-refractivity contribution in [2.45, 2.75) is 6.54 Å². The molecule has 1 aliphatic rings. The molecule has 0 aromatic heterocycles. The van der Waals surface area contributed by atoms with Crippen LogP contribution in [0.25, 0.3) is 10.8 Å². The van der Waals surface area contributed by atoms with Crippen LogP contribution < -0.4 is 9.47 Å². The van der Waals surface area contributed by atoms with Gasteiger partial charge in [-0.1, -0.05) is 42.5 Å². The molecular weight excluding hydrogens is 410 g/mol. The summed E-state index contributed by atoms with van der Waals surface area (Å²) in [6, 6.07) is 17.2. The van der Waals surface area contributed by atoms with Crippen molar-refractivity contribution in [2.24, 2.45) is 0 Å². The van der Waals surface area contributed by atoms with Crippen LogP contribution >= 0.6 is 0 Å². The van der Waals surface area contributed by atoms with Gasteiger partial charge in [-0.2, -0.15) is 0 Å². The van der Waals surface area contributed by atoms with Crippen molar-refractivity contribution in [3.63, 3.8) is 0 Å². The monoisotopic (exact) mass is 435 g/mol. The fourth-order valence-corrected chi connectivity index (χ4v) is 4.14. The minimum atomic E-state index is -0.564. The number of piperazine rings is 1. The van der Waals surface area contributed by atoms with E-state index < -0.39 is 4.92 Å². The predicted molar refractivity (Wildman–Crippen MR) is 121 cm³/mol. The molecule has 32 heavy (non-hydrogen) atoms. The van der Waals surface area contributed by atoms with Crippen molar-refractivity contribution in [1.82, 2.24) is 9.80 Å². The molecule has 0 unspecified atom stereocenters. The zero-order valence-corrected chi connectivity index (χ0v) is 18.1. The third-order valence-electron chi connectivity index (χ3n) is 5.86. The van der Waals surface area contributed by atoms with Crippen LogP contribution in [0.4, 0.5) is 5.69 Å². The Bertz CT molecular complexity index is 1150. The summed E-state index contributed by atoms with van der Waals surface area (Å²) in [5.74, 6) is 0.133. The van der Waals surface area contributed by atoms with Gasteiger partial charge in [-0.15, -0.1) is 0 Å². The zero-order chi connectivity index (χ0) is 22.7. The topological polar surface area (TPSA) is 85.2 Å². The first-order valence-corrected chi connectivity index (χ1v) is 10.4. The summed E-state index contributed by atoms with van der Waals surface area (Å²) >= 11 is 0. The molecule has 0 atom stereocenters. The van der Waals surface area contributed by atoms with Crippen LogP contribution in [0.2, 0.25) is 0 Å². The molecular formula is C24H25N3O5. The standard InChI is InChI=1S/C24H25N3O5/c1-31-22-14-20(21(27(29)30)15-23(22)32-2)24(28)26-12-10-25(11-13-26)16-18-8-5-7-17-6-3-4-9-19(17)18/h3-9,14-15H,10-13,16H2,1-2H3. The van der Waals surface area contributed by atoms with Gasteiger partial charge in [0.1, 0.15) is 5.56 Å². The maximum Gasteiger partial charge on any atom is 0.286 e. The SMILES string of the molecule is COc1cc(C(=O)N2CCN(Cc3cccc4ccccc34)CC2)c([N+](=O)[O-])cc1OC. The van der Waals surface area contributed by atoms with Gasteiger partial charge < -0.3 is 14.4 Å². The molecule has 1 fully saturated rings. The van der Waals surface area contributed by atoms with Gasteiger partial charge in [0, 0.05) is 38.8 Å². The van der Waals surface area contributed by atoms with Crippen molar-refractivity contribution in [3.8, 4) is 11.5 Å². The van der Waals surface area contributed by atoms with E-state index in [-0.39, 0.29) is 28.7 Å². The van der Waals surface area contributed by atoms with Crippen LogP contribution in [-0.2, 0) is 6.54 Å².